The van der Waals surface area contributed by atoms with E-state index in [0.717, 1.165) is 16.4 Å². The molecule has 0 radical (unpaired) electrons. The summed E-state index contributed by atoms with van der Waals surface area (Å²) in [6, 6.07) is 13.6. The number of furan rings is 1. The summed E-state index contributed by atoms with van der Waals surface area (Å²) in [7, 11) is 0. The van der Waals surface area contributed by atoms with Crippen molar-refractivity contribution in [3.05, 3.63) is 66.3 Å². The van der Waals surface area contributed by atoms with E-state index in [9.17, 15) is 0 Å². The lowest BCUT2D eigenvalue weighted by Gasteiger charge is -2.06. The van der Waals surface area contributed by atoms with E-state index < -0.39 is 5.89 Å². The number of hydrogen-bond donors (Lipinski definition) is 0. The van der Waals surface area contributed by atoms with Gasteiger partial charge in [-0.25, -0.2) is 0 Å². The lowest BCUT2D eigenvalue weighted by atomic mass is 10.0. The second kappa shape index (κ2) is 4.99. The zero-order valence-corrected chi connectivity index (χ0v) is 12.5. The van der Waals surface area contributed by atoms with E-state index in [-0.39, 0.29) is 12.1 Å². The van der Waals surface area contributed by atoms with E-state index in [1.165, 1.54) is 6.20 Å². The van der Waals surface area contributed by atoms with Gasteiger partial charge >= 0.3 is 0 Å². The van der Waals surface area contributed by atoms with Crippen molar-refractivity contribution in [3.8, 4) is 11.3 Å². The number of benzene rings is 2. The molecule has 0 spiro atoms. The molecule has 0 fully saturated rings. The predicted molar refractivity (Wildman–Crippen MR) is 91.0 cm³/mol. The minimum atomic E-state index is -0.968. The van der Waals surface area contributed by atoms with Crippen molar-refractivity contribution in [2.24, 2.45) is 0 Å². The third-order valence-electron chi connectivity index (χ3n) is 3.84. The molecule has 2 aromatic carbocycles. The van der Waals surface area contributed by atoms with Crippen molar-refractivity contribution in [1.29, 1.82) is 0 Å². The molecule has 0 N–H and O–H groups in total. The van der Waals surface area contributed by atoms with Crippen molar-refractivity contribution in [2.45, 2.75) is 19.7 Å². The van der Waals surface area contributed by atoms with Gasteiger partial charge < -0.3 is 4.42 Å². The Hall–Kier alpha value is -2.61. The van der Waals surface area contributed by atoms with Crippen LogP contribution in [0.25, 0.3) is 33.2 Å². The minimum absolute atomic E-state index is 0.0192. The Morgan fingerprint density at radius 2 is 1.86 bits per heavy atom. The molecule has 4 rings (SSSR count). The lowest BCUT2D eigenvalue weighted by molar-refractivity contribution is 0.670. The molecule has 0 saturated carbocycles. The summed E-state index contributed by atoms with van der Waals surface area (Å²) in [4.78, 5) is 4.41. The molecule has 2 nitrogen and oxygen atoms in total. The lowest BCUT2D eigenvalue weighted by Crippen LogP contribution is -1.90. The van der Waals surface area contributed by atoms with Gasteiger partial charge in [-0.1, -0.05) is 50.2 Å². The molecule has 0 amide bonds. The van der Waals surface area contributed by atoms with Crippen LogP contribution in [0.15, 0.2) is 65.2 Å². The van der Waals surface area contributed by atoms with Crippen molar-refractivity contribution in [3.63, 3.8) is 0 Å². The molecule has 108 valence electrons. The van der Waals surface area contributed by atoms with Crippen molar-refractivity contribution >= 4 is 21.9 Å². The van der Waals surface area contributed by atoms with Crippen LogP contribution in [0.2, 0.25) is 0 Å². The quantitative estimate of drug-likeness (QED) is 0.468. The fourth-order valence-electron chi connectivity index (χ4n) is 2.64. The highest BCUT2D eigenvalue weighted by atomic mass is 16.3. The SMILES string of the molecule is [2H]c1c(C([2H])(C)C)cnc(-c2cccc3c2oc2ccccc23)c1[2H]. The molecule has 0 aliphatic heterocycles. The van der Waals surface area contributed by atoms with Gasteiger partial charge in [0.1, 0.15) is 11.2 Å². The number of nitrogens with zero attached hydrogens (tertiary/aromatic N) is 1. The molecule has 0 aliphatic rings. The highest BCUT2D eigenvalue weighted by Gasteiger charge is 2.12. The Morgan fingerprint density at radius 3 is 2.73 bits per heavy atom. The van der Waals surface area contributed by atoms with Gasteiger partial charge in [-0.05, 0) is 29.6 Å². The first-order chi connectivity index (χ1) is 11.9. The van der Waals surface area contributed by atoms with Gasteiger partial charge in [-0.3, -0.25) is 4.98 Å². The van der Waals surface area contributed by atoms with Crippen LogP contribution < -0.4 is 0 Å². The van der Waals surface area contributed by atoms with Crippen LogP contribution >= 0.6 is 0 Å². The smallest absolute Gasteiger partial charge is 0.144 e. The third kappa shape index (κ3) is 2.00. The number of para-hydroxylation sites is 2. The maximum Gasteiger partial charge on any atom is 0.144 e. The van der Waals surface area contributed by atoms with E-state index in [2.05, 4.69) is 4.98 Å². The molecule has 2 aromatic heterocycles. The summed E-state index contributed by atoms with van der Waals surface area (Å²) in [6.07, 6.45) is 1.53. The molecule has 2 heterocycles. The van der Waals surface area contributed by atoms with Crippen LogP contribution in [0.4, 0.5) is 0 Å². The summed E-state index contributed by atoms with van der Waals surface area (Å²) in [5.41, 5.74) is 3.00. The highest BCUT2D eigenvalue weighted by Crippen LogP contribution is 2.35. The fourth-order valence-corrected chi connectivity index (χ4v) is 2.64. The van der Waals surface area contributed by atoms with Gasteiger partial charge in [0.2, 0.25) is 0 Å². The van der Waals surface area contributed by atoms with Crippen molar-refractivity contribution < 1.29 is 8.53 Å². The standard InChI is InChI=1S/C20H17NO/c1-13(2)14-10-11-18(21-12-14)17-8-5-7-16-15-6-3-4-9-19(15)22-20(16)17/h3-13H,1-2H3/i10D,11D,13D. The Balaban J connectivity index is 2.01. The topological polar surface area (TPSA) is 26.0 Å². The average Bonchev–Trinajstić information content (AvgIpc) is 2.95. The molecular weight excluding hydrogens is 270 g/mol. The Labute approximate surface area is 133 Å². The first-order valence-electron chi connectivity index (χ1n) is 8.75. The van der Waals surface area contributed by atoms with Crippen LogP contribution in [-0.2, 0) is 0 Å². The van der Waals surface area contributed by atoms with Gasteiger partial charge in [0.05, 0.1) is 8.44 Å². The first kappa shape index (κ1) is 10.2. The van der Waals surface area contributed by atoms with Crippen LogP contribution in [0, 0.1) is 0 Å². The highest BCUT2D eigenvalue weighted by molar-refractivity contribution is 6.09. The van der Waals surface area contributed by atoms with Crippen LogP contribution in [-0.4, -0.2) is 4.98 Å². The summed E-state index contributed by atoms with van der Waals surface area (Å²) < 4.78 is 30.8. The van der Waals surface area contributed by atoms with Gasteiger partial charge in [0.25, 0.3) is 0 Å². The summed E-state index contributed by atoms with van der Waals surface area (Å²) >= 11 is 0. The Kier molecular flexibility index (Phi) is 2.31. The van der Waals surface area contributed by atoms with E-state index in [1.807, 2.05) is 42.5 Å². The molecule has 0 atom stereocenters. The fraction of sp³-hybridized carbons (Fsp3) is 0.150. The Bertz CT molecular complexity index is 1110. The minimum Gasteiger partial charge on any atom is -0.455 e. The average molecular weight is 290 g/mol. The zero-order valence-electron chi connectivity index (χ0n) is 15.5. The second-order valence-corrected chi connectivity index (χ2v) is 5.55. The Morgan fingerprint density at radius 1 is 1.05 bits per heavy atom. The monoisotopic (exact) mass is 290 g/mol. The van der Waals surface area contributed by atoms with Gasteiger partial charge in [0.15, 0.2) is 0 Å². The molecule has 4 aromatic rings. The molecular formula is C20H17NO. The molecule has 0 aliphatic carbocycles. The van der Waals surface area contributed by atoms with Gasteiger partial charge in [-0.15, -0.1) is 0 Å². The summed E-state index contributed by atoms with van der Waals surface area (Å²) in [5.74, 6) is -0.968. The molecule has 2 heteroatoms. The largest absolute Gasteiger partial charge is 0.455 e. The number of hydrogen-bond acceptors (Lipinski definition) is 2. The summed E-state index contributed by atoms with van der Waals surface area (Å²) in [6.45, 7) is 3.39. The maximum atomic E-state index is 8.39. The third-order valence-corrected chi connectivity index (χ3v) is 3.84. The molecule has 0 bridgehead atoms. The van der Waals surface area contributed by atoms with Crippen LogP contribution in [0.5, 0.6) is 0 Å². The van der Waals surface area contributed by atoms with Crippen LogP contribution in [0.3, 0.4) is 0 Å². The number of aromatic nitrogens is 1. The second-order valence-electron chi connectivity index (χ2n) is 5.55. The van der Waals surface area contributed by atoms with E-state index >= 15 is 0 Å². The number of fused-ring (bicyclic) bond motifs is 3. The number of pyridine rings is 1. The predicted octanol–water partition coefficient (Wildman–Crippen LogP) is 5.77. The van der Waals surface area contributed by atoms with E-state index in [4.69, 9.17) is 8.53 Å². The zero-order chi connectivity index (χ0) is 17.8. The first-order valence-corrected chi connectivity index (χ1v) is 7.25. The molecule has 0 saturated heterocycles. The van der Waals surface area contributed by atoms with E-state index in [0.29, 0.717) is 22.4 Å². The van der Waals surface area contributed by atoms with E-state index in [1.54, 1.807) is 13.8 Å². The number of rotatable bonds is 2. The van der Waals surface area contributed by atoms with Crippen LogP contribution in [0.1, 0.15) is 29.4 Å². The van der Waals surface area contributed by atoms with Gasteiger partial charge in [-0.2, -0.15) is 0 Å². The molecule has 22 heavy (non-hydrogen) atoms. The maximum absolute atomic E-state index is 8.39. The van der Waals surface area contributed by atoms with Crippen molar-refractivity contribution in [2.75, 3.05) is 0 Å². The molecule has 0 unspecified atom stereocenters. The normalized spacial score (nSPS) is 14.0. The van der Waals surface area contributed by atoms with Gasteiger partial charge in [0, 0.05) is 23.9 Å². The van der Waals surface area contributed by atoms with Crippen molar-refractivity contribution in [1.82, 2.24) is 4.98 Å². The summed E-state index contributed by atoms with van der Waals surface area (Å²) in [5, 5.41) is 1.98.